The van der Waals surface area contributed by atoms with Crippen molar-refractivity contribution >= 4 is 12.1 Å². The van der Waals surface area contributed by atoms with Gasteiger partial charge in [-0.05, 0) is 0 Å². The number of rotatable bonds is 6. The van der Waals surface area contributed by atoms with Crippen LogP contribution in [0, 0.1) is 0 Å². The van der Waals surface area contributed by atoms with Crippen molar-refractivity contribution in [3.05, 3.63) is 35.0 Å². The van der Waals surface area contributed by atoms with Crippen LogP contribution in [0.25, 0.3) is 0 Å². The number of alkyl carbamates (subject to hydrolysis) is 1. The minimum absolute atomic E-state index is 0.0147. The molecule has 0 bridgehead atoms. The first-order valence-corrected chi connectivity index (χ1v) is 5.06. The summed E-state index contributed by atoms with van der Waals surface area (Å²) < 4.78 is 4.60. The van der Waals surface area contributed by atoms with Gasteiger partial charge in [-0.15, -0.1) is 0 Å². The molecule has 8 heteroatoms. The van der Waals surface area contributed by atoms with Crippen LogP contribution in [0.5, 0.6) is 0 Å². The predicted molar refractivity (Wildman–Crippen MR) is 61.2 cm³/mol. The lowest BCUT2D eigenvalue weighted by molar-refractivity contribution is -0.139. The summed E-state index contributed by atoms with van der Waals surface area (Å²) in [5.41, 5.74) is -0.0696. The molecule has 0 saturated carbocycles. The van der Waals surface area contributed by atoms with E-state index < -0.39 is 23.8 Å². The first kappa shape index (κ1) is 13.6. The minimum atomic E-state index is -1.23. The van der Waals surface area contributed by atoms with E-state index in [0.29, 0.717) is 5.69 Å². The molecule has 0 aliphatic rings. The topological polar surface area (TPSA) is 124 Å². The summed E-state index contributed by atoms with van der Waals surface area (Å²) in [7, 11) is 0. The number of carboxylic acids is 1. The van der Waals surface area contributed by atoms with E-state index in [4.69, 9.17) is 5.11 Å². The fourth-order valence-electron chi connectivity index (χ4n) is 1.22. The summed E-state index contributed by atoms with van der Waals surface area (Å²) in [6.07, 6.45) is 1.78. The Morgan fingerprint density at radius 3 is 2.83 bits per heavy atom. The predicted octanol–water partition coefficient (Wildman–Crippen LogP) is -0.389. The van der Waals surface area contributed by atoms with E-state index >= 15 is 0 Å². The monoisotopic (exact) mass is 255 g/mol. The van der Waals surface area contributed by atoms with E-state index in [2.05, 4.69) is 26.6 Å². The van der Waals surface area contributed by atoms with Gasteiger partial charge in [0.25, 0.3) is 0 Å². The fourth-order valence-corrected chi connectivity index (χ4v) is 1.22. The summed E-state index contributed by atoms with van der Waals surface area (Å²) in [6, 6.07) is -1.19. The molecule has 0 radical (unpaired) electrons. The number of carboxylic acid groups (broad SMARTS) is 1. The average Bonchev–Trinajstić information content (AvgIpc) is 2.71. The molecule has 1 atom stereocenters. The van der Waals surface area contributed by atoms with Gasteiger partial charge < -0.3 is 25.1 Å². The Morgan fingerprint density at radius 2 is 2.33 bits per heavy atom. The van der Waals surface area contributed by atoms with Crippen molar-refractivity contribution in [2.45, 2.75) is 12.5 Å². The van der Waals surface area contributed by atoms with Crippen LogP contribution in [0.15, 0.2) is 23.6 Å². The van der Waals surface area contributed by atoms with Gasteiger partial charge in [0.1, 0.15) is 12.6 Å². The average molecular weight is 255 g/mol. The SMILES string of the molecule is C=CCOC(=O)N[C@H](Cc1c[nH]c(=O)[nH]1)C(=O)O. The van der Waals surface area contributed by atoms with Gasteiger partial charge in [-0.2, -0.15) is 0 Å². The fraction of sp³-hybridized carbons (Fsp3) is 0.300. The van der Waals surface area contributed by atoms with Gasteiger partial charge in [0.05, 0.1) is 0 Å². The van der Waals surface area contributed by atoms with Crippen LogP contribution in [0.1, 0.15) is 5.69 Å². The number of carbonyl (C=O) groups excluding carboxylic acids is 1. The molecule has 8 nitrogen and oxygen atoms in total. The number of aromatic amines is 2. The maximum absolute atomic E-state index is 11.2. The quantitative estimate of drug-likeness (QED) is 0.515. The summed E-state index contributed by atoms with van der Waals surface area (Å²) >= 11 is 0. The van der Waals surface area contributed by atoms with Crippen LogP contribution in [0.3, 0.4) is 0 Å². The van der Waals surface area contributed by atoms with Gasteiger partial charge in [-0.3, -0.25) is 0 Å². The number of aliphatic carboxylic acids is 1. The summed E-state index contributed by atoms with van der Waals surface area (Å²) in [5.74, 6) is -1.23. The Labute approximate surface area is 102 Å². The number of nitrogens with one attached hydrogen (secondary N) is 3. The summed E-state index contributed by atoms with van der Waals surface area (Å²) in [5, 5.41) is 11.1. The number of imidazole rings is 1. The van der Waals surface area contributed by atoms with Crippen LogP contribution in [-0.2, 0) is 16.0 Å². The molecule has 18 heavy (non-hydrogen) atoms. The van der Waals surface area contributed by atoms with E-state index in [9.17, 15) is 14.4 Å². The largest absolute Gasteiger partial charge is 0.480 e. The molecule has 0 unspecified atom stereocenters. The highest BCUT2D eigenvalue weighted by atomic mass is 16.5. The van der Waals surface area contributed by atoms with E-state index in [0.717, 1.165) is 0 Å². The van der Waals surface area contributed by atoms with Crippen LogP contribution < -0.4 is 11.0 Å². The van der Waals surface area contributed by atoms with E-state index in [1.54, 1.807) is 0 Å². The lowest BCUT2D eigenvalue weighted by atomic mass is 10.2. The molecule has 98 valence electrons. The Balaban J connectivity index is 2.60. The zero-order valence-corrected chi connectivity index (χ0v) is 9.43. The van der Waals surface area contributed by atoms with Crippen molar-refractivity contribution in [1.29, 1.82) is 0 Å². The van der Waals surface area contributed by atoms with Crippen LogP contribution >= 0.6 is 0 Å². The standard InChI is InChI=1S/C10H13N3O5/c1-2-3-18-10(17)13-7(8(14)15)4-6-5-11-9(16)12-6/h2,5,7H,1,3-4H2,(H,13,17)(H,14,15)(H2,11,12,16)/t7-/m1/s1. The normalized spacial score (nSPS) is 11.6. The third-order valence-corrected chi connectivity index (χ3v) is 2.00. The zero-order valence-electron chi connectivity index (χ0n) is 9.43. The smallest absolute Gasteiger partial charge is 0.408 e. The maximum Gasteiger partial charge on any atom is 0.408 e. The molecule has 1 amide bonds. The van der Waals surface area contributed by atoms with Crippen molar-refractivity contribution in [3.8, 4) is 0 Å². The van der Waals surface area contributed by atoms with Crippen molar-refractivity contribution in [2.75, 3.05) is 6.61 Å². The Kier molecular flexibility index (Phi) is 4.73. The summed E-state index contributed by atoms with van der Waals surface area (Å²) in [4.78, 5) is 37.7. The van der Waals surface area contributed by atoms with Crippen molar-refractivity contribution in [2.24, 2.45) is 0 Å². The van der Waals surface area contributed by atoms with Crippen LogP contribution in [0.2, 0.25) is 0 Å². The molecule has 0 spiro atoms. The number of H-pyrrole nitrogens is 2. The third-order valence-electron chi connectivity index (χ3n) is 2.00. The lowest BCUT2D eigenvalue weighted by Crippen LogP contribution is -2.42. The van der Waals surface area contributed by atoms with E-state index in [1.165, 1.54) is 12.3 Å². The molecule has 1 rings (SSSR count). The molecule has 0 aliphatic heterocycles. The molecule has 0 fully saturated rings. The summed E-state index contributed by atoms with van der Waals surface area (Å²) in [6.45, 7) is 3.34. The molecule has 0 saturated heterocycles. The minimum Gasteiger partial charge on any atom is -0.480 e. The molecule has 1 heterocycles. The molecule has 0 aliphatic carbocycles. The molecule has 1 aromatic heterocycles. The first-order valence-electron chi connectivity index (χ1n) is 5.06. The van der Waals surface area contributed by atoms with Crippen molar-refractivity contribution in [1.82, 2.24) is 15.3 Å². The molecular weight excluding hydrogens is 242 g/mol. The van der Waals surface area contributed by atoms with E-state index in [-0.39, 0.29) is 13.0 Å². The second-order valence-corrected chi connectivity index (χ2v) is 3.39. The highest BCUT2D eigenvalue weighted by Gasteiger charge is 2.21. The van der Waals surface area contributed by atoms with Crippen LogP contribution in [-0.4, -0.2) is 39.8 Å². The number of hydrogen-bond acceptors (Lipinski definition) is 4. The molecular formula is C10H13N3O5. The molecule has 0 aromatic carbocycles. The van der Waals surface area contributed by atoms with Gasteiger partial charge in [-0.1, -0.05) is 12.7 Å². The number of hydrogen-bond donors (Lipinski definition) is 4. The maximum atomic E-state index is 11.2. The number of ether oxygens (including phenoxy) is 1. The number of carbonyl (C=O) groups is 2. The van der Waals surface area contributed by atoms with Crippen LogP contribution in [0.4, 0.5) is 4.79 Å². The van der Waals surface area contributed by atoms with Crippen molar-refractivity contribution in [3.63, 3.8) is 0 Å². The number of aromatic nitrogens is 2. The van der Waals surface area contributed by atoms with E-state index in [1.807, 2.05) is 0 Å². The Hall–Kier alpha value is -2.51. The first-order chi connectivity index (χ1) is 8.52. The lowest BCUT2D eigenvalue weighted by Gasteiger charge is -2.12. The second-order valence-electron chi connectivity index (χ2n) is 3.39. The van der Waals surface area contributed by atoms with Gasteiger partial charge in [0.15, 0.2) is 0 Å². The highest BCUT2D eigenvalue weighted by molar-refractivity contribution is 5.80. The highest BCUT2D eigenvalue weighted by Crippen LogP contribution is 1.98. The Bertz CT molecular complexity index is 490. The second kappa shape index (κ2) is 6.28. The molecule has 1 aromatic rings. The van der Waals surface area contributed by atoms with Gasteiger partial charge in [-0.25, -0.2) is 14.4 Å². The van der Waals surface area contributed by atoms with Gasteiger partial charge in [0.2, 0.25) is 0 Å². The zero-order chi connectivity index (χ0) is 13.5. The Morgan fingerprint density at radius 1 is 1.61 bits per heavy atom. The third kappa shape index (κ3) is 4.16. The molecule has 4 N–H and O–H groups in total. The van der Waals surface area contributed by atoms with Gasteiger partial charge in [0, 0.05) is 18.3 Å². The van der Waals surface area contributed by atoms with Gasteiger partial charge >= 0.3 is 17.8 Å². The number of amides is 1. The van der Waals surface area contributed by atoms with Crippen molar-refractivity contribution < 1.29 is 19.4 Å².